The van der Waals surface area contributed by atoms with E-state index in [1.54, 1.807) is 31.3 Å². The molecule has 6 nitrogen and oxygen atoms in total. The van der Waals surface area contributed by atoms with Crippen molar-refractivity contribution in [2.75, 3.05) is 5.73 Å². The lowest BCUT2D eigenvalue weighted by molar-refractivity contribution is 0.563. The minimum atomic E-state index is -3.74. The van der Waals surface area contributed by atoms with Gasteiger partial charge in [0.2, 0.25) is 10.0 Å². The van der Waals surface area contributed by atoms with Crippen LogP contribution in [0.2, 0.25) is 5.02 Å². The van der Waals surface area contributed by atoms with Crippen LogP contribution in [0.3, 0.4) is 0 Å². The van der Waals surface area contributed by atoms with Gasteiger partial charge >= 0.3 is 0 Å². The Morgan fingerprint density at radius 1 is 1.35 bits per heavy atom. The summed E-state index contributed by atoms with van der Waals surface area (Å²) in [5.74, 6) is 0.0865. The van der Waals surface area contributed by atoms with Gasteiger partial charge in [-0.15, -0.1) is 0 Å². The molecule has 2 aromatic rings. The highest BCUT2D eigenvalue weighted by Crippen LogP contribution is 2.21. The van der Waals surface area contributed by atoms with E-state index in [4.69, 9.17) is 17.3 Å². The molecule has 0 aliphatic rings. The Kier molecular flexibility index (Phi) is 4.22. The van der Waals surface area contributed by atoms with E-state index < -0.39 is 16.1 Å². The van der Waals surface area contributed by atoms with Crippen molar-refractivity contribution in [3.8, 4) is 0 Å². The van der Waals surface area contributed by atoms with Crippen molar-refractivity contribution in [3.05, 3.63) is 47.4 Å². The maximum Gasteiger partial charge on any atom is 0.242 e. The van der Waals surface area contributed by atoms with Gasteiger partial charge in [-0.1, -0.05) is 17.7 Å². The number of hydrogen-bond acceptors (Lipinski definition) is 5. The first kappa shape index (κ1) is 14.7. The summed E-state index contributed by atoms with van der Waals surface area (Å²) in [6, 6.07) is 6.07. The van der Waals surface area contributed by atoms with Crippen molar-refractivity contribution < 1.29 is 8.42 Å². The normalized spacial score (nSPS) is 13.1. The third-order valence-corrected chi connectivity index (χ3v) is 4.43. The van der Waals surface area contributed by atoms with Crippen molar-refractivity contribution >= 4 is 27.4 Å². The summed E-state index contributed by atoms with van der Waals surface area (Å²) in [6.07, 6.45) is 2.76. The van der Waals surface area contributed by atoms with Gasteiger partial charge < -0.3 is 5.73 Å². The molecule has 0 fully saturated rings. The quantitative estimate of drug-likeness (QED) is 0.896. The second kappa shape index (κ2) is 5.74. The van der Waals surface area contributed by atoms with E-state index >= 15 is 0 Å². The lowest BCUT2D eigenvalue weighted by Crippen LogP contribution is -2.27. The van der Waals surface area contributed by atoms with E-state index in [1.165, 1.54) is 6.07 Å². The monoisotopic (exact) mass is 312 g/mol. The highest BCUT2D eigenvalue weighted by atomic mass is 35.5. The molecule has 2 heterocycles. The fraction of sp³-hybridized carbons (Fsp3) is 0.167. The summed E-state index contributed by atoms with van der Waals surface area (Å²) in [5.41, 5.74) is 6.07. The van der Waals surface area contributed by atoms with Gasteiger partial charge in [0, 0.05) is 12.4 Å². The molecule has 0 spiro atoms. The number of pyridine rings is 2. The van der Waals surface area contributed by atoms with Gasteiger partial charge in [0.15, 0.2) is 0 Å². The summed E-state index contributed by atoms with van der Waals surface area (Å²) in [7, 11) is -3.74. The number of halogens is 1. The van der Waals surface area contributed by atoms with Crippen LogP contribution in [0.25, 0.3) is 0 Å². The fourth-order valence-corrected chi connectivity index (χ4v) is 2.99. The van der Waals surface area contributed by atoms with Gasteiger partial charge in [0.1, 0.15) is 10.7 Å². The molecule has 1 unspecified atom stereocenters. The predicted molar refractivity (Wildman–Crippen MR) is 76.6 cm³/mol. The van der Waals surface area contributed by atoms with Crippen molar-refractivity contribution in [1.82, 2.24) is 14.7 Å². The molecule has 0 bridgehead atoms. The molecule has 2 rings (SSSR count). The molecule has 0 aliphatic carbocycles. The number of rotatable bonds is 4. The van der Waals surface area contributed by atoms with E-state index in [0.717, 1.165) is 6.20 Å². The molecule has 0 radical (unpaired) electrons. The summed E-state index contributed by atoms with van der Waals surface area (Å²) in [5, 5.41) is 0.0957. The van der Waals surface area contributed by atoms with Crippen LogP contribution in [-0.2, 0) is 10.0 Å². The van der Waals surface area contributed by atoms with E-state index in [-0.39, 0.29) is 15.7 Å². The standard InChI is InChI=1S/C12H13ClN4O2S/c1-8(11-4-2-3-5-15-11)17-20(18,19)9-6-10(13)12(14)16-7-9/h2-8,17H,1H3,(H2,14,16). The second-order valence-corrected chi connectivity index (χ2v) is 6.26. The topological polar surface area (TPSA) is 98.0 Å². The van der Waals surface area contributed by atoms with E-state index in [0.29, 0.717) is 5.69 Å². The van der Waals surface area contributed by atoms with Crippen LogP contribution in [0.1, 0.15) is 18.7 Å². The van der Waals surface area contributed by atoms with Crippen LogP contribution in [0.4, 0.5) is 5.82 Å². The maximum atomic E-state index is 12.2. The van der Waals surface area contributed by atoms with Crippen molar-refractivity contribution in [2.45, 2.75) is 17.9 Å². The molecular weight excluding hydrogens is 300 g/mol. The fourth-order valence-electron chi connectivity index (χ4n) is 1.57. The van der Waals surface area contributed by atoms with Crippen LogP contribution in [0.5, 0.6) is 0 Å². The number of anilines is 1. The molecule has 8 heteroatoms. The number of nitrogens with two attached hydrogens (primary N) is 1. The van der Waals surface area contributed by atoms with Gasteiger partial charge in [-0.3, -0.25) is 4.98 Å². The molecular formula is C12H13ClN4O2S. The number of nitrogens with one attached hydrogen (secondary N) is 1. The van der Waals surface area contributed by atoms with Gasteiger partial charge in [-0.05, 0) is 25.1 Å². The Labute approximate surface area is 122 Å². The maximum absolute atomic E-state index is 12.2. The zero-order valence-electron chi connectivity index (χ0n) is 10.6. The summed E-state index contributed by atoms with van der Waals surface area (Å²) < 4.78 is 26.9. The average molecular weight is 313 g/mol. The second-order valence-electron chi connectivity index (χ2n) is 4.14. The van der Waals surface area contributed by atoms with Crippen LogP contribution in [0, 0.1) is 0 Å². The molecule has 0 saturated heterocycles. The number of hydrogen-bond donors (Lipinski definition) is 2. The van der Waals surface area contributed by atoms with Gasteiger partial charge in [-0.25, -0.2) is 18.1 Å². The summed E-state index contributed by atoms with van der Waals surface area (Å²) >= 11 is 5.78. The lowest BCUT2D eigenvalue weighted by atomic mass is 10.2. The number of nitrogens with zero attached hydrogens (tertiary/aromatic N) is 2. The summed E-state index contributed by atoms with van der Waals surface area (Å²) in [6.45, 7) is 1.70. The van der Waals surface area contributed by atoms with E-state index in [1.807, 2.05) is 0 Å². The molecule has 1 atom stereocenters. The molecule has 106 valence electrons. The zero-order chi connectivity index (χ0) is 14.8. The minimum absolute atomic E-state index is 0.0421. The molecule has 0 aromatic carbocycles. The first-order chi connectivity index (χ1) is 9.40. The lowest BCUT2D eigenvalue weighted by Gasteiger charge is -2.13. The molecule has 0 saturated carbocycles. The minimum Gasteiger partial charge on any atom is -0.382 e. The van der Waals surface area contributed by atoms with Crippen molar-refractivity contribution in [1.29, 1.82) is 0 Å². The smallest absolute Gasteiger partial charge is 0.242 e. The molecule has 2 aromatic heterocycles. The Hall–Kier alpha value is -1.70. The third-order valence-electron chi connectivity index (χ3n) is 2.62. The molecule has 0 amide bonds. The van der Waals surface area contributed by atoms with Crippen LogP contribution >= 0.6 is 11.6 Å². The SMILES string of the molecule is CC(NS(=O)(=O)c1cnc(N)c(Cl)c1)c1ccccn1. The number of aromatic nitrogens is 2. The predicted octanol–water partition coefficient (Wildman–Crippen LogP) is 1.75. The highest BCUT2D eigenvalue weighted by Gasteiger charge is 2.20. The zero-order valence-corrected chi connectivity index (χ0v) is 12.2. The Bertz CT molecular complexity index is 707. The van der Waals surface area contributed by atoms with E-state index in [2.05, 4.69) is 14.7 Å². The molecule has 20 heavy (non-hydrogen) atoms. The highest BCUT2D eigenvalue weighted by molar-refractivity contribution is 7.89. The largest absolute Gasteiger partial charge is 0.382 e. The average Bonchev–Trinajstić information content (AvgIpc) is 2.42. The number of sulfonamides is 1. The Morgan fingerprint density at radius 3 is 2.70 bits per heavy atom. The van der Waals surface area contributed by atoms with Crippen LogP contribution in [0.15, 0.2) is 41.6 Å². The van der Waals surface area contributed by atoms with Crippen LogP contribution < -0.4 is 10.5 Å². The third kappa shape index (κ3) is 3.24. The van der Waals surface area contributed by atoms with Crippen LogP contribution in [-0.4, -0.2) is 18.4 Å². The van der Waals surface area contributed by atoms with Crippen molar-refractivity contribution in [3.63, 3.8) is 0 Å². The molecule has 3 N–H and O–H groups in total. The van der Waals surface area contributed by atoms with Gasteiger partial charge in [-0.2, -0.15) is 0 Å². The number of nitrogen functional groups attached to an aromatic ring is 1. The van der Waals surface area contributed by atoms with Crippen molar-refractivity contribution in [2.24, 2.45) is 0 Å². The van der Waals surface area contributed by atoms with Gasteiger partial charge in [0.05, 0.1) is 16.8 Å². The Balaban J connectivity index is 2.25. The van der Waals surface area contributed by atoms with Gasteiger partial charge in [0.25, 0.3) is 0 Å². The molecule has 0 aliphatic heterocycles. The first-order valence-corrected chi connectivity index (χ1v) is 7.60. The summed E-state index contributed by atoms with van der Waals surface area (Å²) in [4.78, 5) is 7.79. The Morgan fingerprint density at radius 2 is 2.10 bits per heavy atom. The first-order valence-electron chi connectivity index (χ1n) is 5.74. The van der Waals surface area contributed by atoms with E-state index in [9.17, 15) is 8.42 Å².